The molecule has 0 saturated heterocycles. The van der Waals surface area contributed by atoms with Crippen LogP contribution in [0.1, 0.15) is 21.5 Å². The summed E-state index contributed by atoms with van der Waals surface area (Å²) in [5, 5.41) is 2.71. The third-order valence-electron chi connectivity index (χ3n) is 2.99. The number of halogens is 1. The lowest BCUT2D eigenvalue weighted by Crippen LogP contribution is -2.28. The molecule has 0 aliphatic heterocycles. The highest BCUT2D eigenvalue weighted by molar-refractivity contribution is 9.10. The quantitative estimate of drug-likeness (QED) is 0.831. The summed E-state index contributed by atoms with van der Waals surface area (Å²) in [4.78, 5) is 23.5. The highest BCUT2D eigenvalue weighted by Crippen LogP contribution is 2.10. The summed E-state index contributed by atoms with van der Waals surface area (Å²) in [7, 11) is 0. The van der Waals surface area contributed by atoms with Crippen LogP contribution >= 0.6 is 15.9 Å². The van der Waals surface area contributed by atoms with Gasteiger partial charge in [-0.05, 0) is 36.8 Å². The Morgan fingerprint density at radius 3 is 2.55 bits per heavy atom. The molecule has 0 bridgehead atoms. The highest BCUT2D eigenvalue weighted by Gasteiger charge is 2.10. The highest BCUT2D eigenvalue weighted by atomic mass is 79.9. The number of benzene rings is 2. The number of amides is 1. The third-order valence-corrected chi connectivity index (χ3v) is 3.52. The first-order valence-corrected chi connectivity index (χ1v) is 7.59. The minimum atomic E-state index is -0.498. The first kappa shape index (κ1) is 16.2. The first-order valence-electron chi connectivity index (χ1n) is 6.79. The minimum absolute atomic E-state index is 0.288. The van der Waals surface area contributed by atoms with Crippen molar-refractivity contribution in [2.75, 3.05) is 6.61 Å². The van der Waals surface area contributed by atoms with E-state index in [1.165, 1.54) is 0 Å². The average molecular weight is 362 g/mol. The largest absolute Gasteiger partial charge is 0.452 e. The van der Waals surface area contributed by atoms with Crippen LogP contribution in [0.2, 0.25) is 0 Å². The molecule has 0 aromatic heterocycles. The van der Waals surface area contributed by atoms with E-state index in [2.05, 4.69) is 21.2 Å². The van der Waals surface area contributed by atoms with E-state index < -0.39 is 5.97 Å². The fourth-order valence-electron chi connectivity index (χ4n) is 1.84. The zero-order valence-electron chi connectivity index (χ0n) is 12.1. The number of hydrogen-bond acceptors (Lipinski definition) is 3. The predicted molar refractivity (Wildman–Crippen MR) is 87.5 cm³/mol. The molecule has 1 amide bonds. The van der Waals surface area contributed by atoms with Gasteiger partial charge in [-0.2, -0.15) is 0 Å². The number of ether oxygens (including phenoxy) is 1. The second kappa shape index (κ2) is 7.75. The zero-order valence-corrected chi connectivity index (χ0v) is 13.7. The molecule has 1 N–H and O–H groups in total. The molecule has 0 radical (unpaired) electrons. The molecule has 0 aliphatic carbocycles. The van der Waals surface area contributed by atoms with Gasteiger partial charge in [0.05, 0.1) is 5.56 Å². The molecule has 22 heavy (non-hydrogen) atoms. The Labute approximate surface area is 137 Å². The third kappa shape index (κ3) is 5.00. The zero-order chi connectivity index (χ0) is 15.9. The molecule has 0 unspecified atom stereocenters. The van der Waals surface area contributed by atoms with Crippen molar-refractivity contribution in [1.82, 2.24) is 5.32 Å². The number of rotatable bonds is 5. The van der Waals surface area contributed by atoms with E-state index in [4.69, 9.17) is 4.74 Å². The van der Waals surface area contributed by atoms with Gasteiger partial charge in [0.2, 0.25) is 0 Å². The first-order chi connectivity index (χ1) is 10.5. The van der Waals surface area contributed by atoms with Gasteiger partial charge in [0.1, 0.15) is 0 Å². The van der Waals surface area contributed by atoms with Gasteiger partial charge in [-0.25, -0.2) is 4.79 Å². The molecule has 0 spiro atoms. The van der Waals surface area contributed by atoms with E-state index >= 15 is 0 Å². The lowest BCUT2D eigenvalue weighted by molar-refractivity contribution is -0.124. The fourth-order valence-corrected chi connectivity index (χ4v) is 2.10. The topological polar surface area (TPSA) is 55.4 Å². The number of carbonyl (C=O) groups is 2. The Morgan fingerprint density at radius 2 is 1.86 bits per heavy atom. The van der Waals surface area contributed by atoms with Crippen LogP contribution in [-0.4, -0.2) is 18.5 Å². The second-order valence-electron chi connectivity index (χ2n) is 4.85. The van der Waals surface area contributed by atoms with Crippen LogP contribution in [0.3, 0.4) is 0 Å². The Bertz CT molecular complexity index is 668. The molecule has 2 rings (SSSR count). The summed E-state index contributed by atoms with van der Waals surface area (Å²) < 4.78 is 5.98. The van der Waals surface area contributed by atoms with Crippen LogP contribution < -0.4 is 5.32 Å². The Kier molecular flexibility index (Phi) is 5.72. The molecule has 0 atom stereocenters. The van der Waals surface area contributed by atoms with Crippen molar-refractivity contribution in [3.8, 4) is 0 Å². The summed E-state index contributed by atoms with van der Waals surface area (Å²) in [6.45, 7) is 2.00. The molecular weight excluding hydrogens is 346 g/mol. The fraction of sp³-hybridized carbons (Fsp3) is 0.176. The van der Waals surface area contributed by atoms with Gasteiger partial charge in [-0.15, -0.1) is 0 Å². The van der Waals surface area contributed by atoms with E-state index in [9.17, 15) is 9.59 Å². The van der Waals surface area contributed by atoms with Crippen LogP contribution in [0.15, 0.2) is 53.0 Å². The molecule has 0 heterocycles. The van der Waals surface area contributed by atoms with Crippen molar-refractivity contribution in [2.45, 2.75) is 13.5 Å². The van der Waals surface area contributed by atoms with Gasteiger partial charge >= 0.3 is 5.97 Å². The van der Waals surface area contributed by atoms with Crippen molar-refractivity contribution in [3.63, 3.8) is 0 Å². The van der Waals surface area contributed by atoms with E-state index in [0.29, 0.717) is 12.1 Å². The van der Waals surface area contributed by atoms with Gasteiger partial charge < -0.3 is 10.1 Å². The standard InChI is InChI=1S/C17H16BrNO3/c1-12-3-2-4-14(9-12)17(21)22-11-16(20)19-10-13-5-7-15(18)8-6-13/h2-9H,10-11H2,1H3,(H,19,20). The van der Waals surface area contributed by atoms with Gasteiger partial charge in [-0.3, -0.25) is 4.79 Å². The maximum absolute atomic E-state index is 11.8. The van der Waals surface area contributed by atoms with Gasteiger partial charge in [0.15, 0.2) is 6.61 Å². The van der Waals surface area contributed by atoms with Gasteiger partial charge in [-0.1, -0.05) is 45.8 Å². The molecule has 2 aromatic rings. The van der Waals surface area contributed by atoms with Crippen molar-refractivity contribution in [1.29, 1.82) is 0 Å². The monoisotopic (exact) mass is 361 g/mol. The predicted octanol–water partition coefficient (Wildman–Crippen LogP) is 3.23. The van der Waals surface area contributed by atoms with E-state index in [-0.39, 0.29) is 12.5 Å². The lowest BCUT2D eigenvalue weighted by Gasteiger charge is -2.07. The van der Waals surface area contributed by atoms with Crippen molar-refractivity contribution >= 4 is 27.8 Å². The Morgan fingerprint density at radius 1 is 1.14 bits per heavy atom. The molecule has 2 aromatic carbocycles. The second-order valence-corrected chi connectivity index (χ2v) is 5.76. The average Bonchev–Trinajstić information content (AvgIpc) is 2.52. The summed E-state index contributed by atoms with van der Waals surface area (Å²) in [6, 6.07) is 14.7. The SMILES string of the molecule is Cc1cccc(C(=O)OCC(=O)NCc2ccc(Br)cc2)c1. The maximum atomic E-state index is 11.8. The van der Waals surface area contributed by atoms with Crippen LogP contribution in [0.4, 0.5) is 0 Å². The molecule has 114 valence electrons. The summed E-state index contributed by atoms with van der Waals surface area (Å²) in [5.41, 5.74) is 2.39. The number of esters is 1. The minimum Gasteiger partial charge on any atom is -0.452 e. The van der Waals surface area contributed by atoms with Gasteiger partial charge in [0.25, 0.3) is 5.91 Å². The number of aryl methyl sites for hydroxylation is 1. The normalized spacial score (nSPS) is 10.1. The number of nitrogens with one attached hydrogen (secondary N) is 1. The van der Waals surface area contributed by atoms with E-state index in [1.807, 2.05) is 37.3 Å². The van der Waals surface area contributed by atoms with Crippen molar-refractivity contribution in [3.05, 3.63) is 69.7 Å². The molecule has 4 nitrogen and oxygen atoms in total. The van der Waals surface area contributed by atoms with E-state index in [1.54, 1.807) is 18.2 Å². The van der Waals surface area contributed by atoms with Crippen LogP contribution in [-0.2, 0) is 16.1 Å². The van der Waals surface area contributed by atoms with Gasteiger partial charge in [0, 0.05) is 11.0 Å². The molecule has 0 fully saturated rings. The molecular formula is C17H16BrNO3. The summed E-state index contributed by atoms with van der Waals surface area (Å²) >= 11 is 3.35. The Balaban J connectivity index is 1.78. The Hall–Kier alpha value is -2.14. The van der Waals surface area contributed by atoms with Crippen LogP contribution in [0, 0.1) is 6.92 Å². The lowest BCUT2D eigenvalue weighted by atomic mass is 10.1. The number of carbonyl (C=O) groups excluding carboxylic acids is 2. The maximum Gasteiger partial charge on any atom is 0.338 e. The smallest absolute Gasteiger partial charge is 0.338 e. The summed E-state index contributed by atoms with van der Waals surface area (Å²) in [6.07, 6.45) is 0. The van der Waals surface area contributed by atoms with Crippen LogP contribution in [0.25, 0.3) is 0 Å². The van der Waals surface area contributed by atoms with Crippen molar-refractivity contribution < 1.29 is 14.3 Å². The van der Waals surface area contributed by atoms with Crippen LogP contribution in [0.5, 0.6) is 0 Å². The molecule has 5 heteroatoms. The molecule has 0 aliphatic rings. The molecule has 0 saturated carbocycles. The summed E-state index contributed by atoms with van der Waals surface area (Å²) in [5.74, 6) is -0.827. The number of hydrogen-bond donors (Lipinski definition) is 1. The van der Waals surface area contributed by atoms with E-state index in [0.717, 1.165) is 15.6 Å². The van der Waals surface area contributed by atoms with Crippen molar-refractivity contribution in [2.24, 2.45) is 0 Å².